The van der Waals surface area contributed by atoms with Crippen molar-refractivity contribution in [2.24, 2.45) is 28.1 Å². The van der Waals surface area contributed by atoms with Crippen LogP contribution in [0.5, 0.6) is 0 Å². The first-order chi connectivity index (χ1) is 7.30. The van der Waals surface area contributed by atoms with Crippen molar-refractivity contribution < 1.29 is 5.11 Å². The van der Waals surface area contributed by atoms with E-state index in [1.807, 2.05) is 0 Å². The van der Waals surface area contributed by atoms with Crippen molar-refractivity contribution in [3.8, 4) is 0 Å². The van der Waals surface area contributed by atoms with Crippen molar-refractivity contribution in [2.75, 3.05) is 0 Å². The molecular weight excluding hydrogens is 196 g/mol. The summed E-state index contributed by atoms with van der Waals surface area (Å²) in [6.45, 7) is 9.73. The average molecular weight is 222 g/mol. The van der Waals surface area contributed by atoms with E-state index in [9.17, 15) is 5.11 Å². The van der Waals surface area contributed by atoms with E-state index in [0.29, 0.717) is 16.2 Å². The summed E-state index contributed by atoms with van der Waals surface area (Å²) in [4.78, 5) is 0. The lowest BCUT2D eigenvalue weighted by Gasteiger charge is -2.57. The van der Waals surface area contributed by atoms with Gasteiger partial charge in [-0.1, -0.05) is 27.7 Å². The van der Waals surface area contributed by atoms with Gasteiger partial charge in [0.2, 0.25) is 0 Å². The van der Waals surface area contributed by atoms with Crippen LogP contribution in [0.25, 0.3) is 0 Å². The van der Waals surface area contributed by atoms with Gasteiger partial charge in [0.1, 0.15) is 0 Å². The van der Waals surface area contributed by atoms with Gasteiger partial charge in [0.25, 0.3) is 0 Å². The van der Waals surface area contributed by atoms with Crippen molar-refractivity contribution >= 4 is 0 Å². The maximum Gasteiger partial charge on any atom is 0.0548 e. The van der Waals surface area contributed by atoms with Crippen molar-refractivity contribution in [3.05, 3.63) is 0 Å². The van der Waals surface area contributed by atoms with Gasteiger partial charge in [-0.05, 0) is 60.2 Å². The molecule has 3 saturated carbocycles. The topological polar surface area (TPSA) is 20.2 Å². The third kappa shape index (κ3) is 1.06. The van der Waals surface area contributed by atoms with Gasteiger partial charge in [-0.3, -0.25) is 0 Å². The molecule has 1 nitrogen and oxygen atoms in total. The van der Waals surface area contributed by atoms with Crippen molar-refractivity contribution in [1.29, 1.82) is 0 Å². The van der Waals surface area contributed by atoms with E-state index in [2.05, 4.69) is 27.7 Å². The summed E-state index contributed by atoms with van der Waals surface area (Å²) in [5, 5.41) is 10.1. The summed E-state index contributed by atoms with van der Waals surface area (Å²) in [7, 11) is 0. The van der Waals surface area contributed by atoms with Crippen LogP contribution < -0.4 is 0 Å². The second-order valence-electron chi connectivity index (χ2n) is 7.95. The lowest BCUT2D eigenvalue weighted by atomic mass is 9.48. The summed E-state index contributed by atoms with van der Waals surface area (Å²) in [5.41, 5.74) is 1.37. The number of aliphatic hydroxyl groups is 1. The summed E-state index contributed by atoms with van der Waals surface area (Å²) in [6.07, 6.45) is 6.32. The normalized spacial score (nSPS) is 52.7. The molecule has 0 amide bonds. The van der Waals surface area contributed by atoms with Gasteiger partial charge in [0.05, 0.1) is 6.10 Å². The van der Waals surface area contributed by atoms with Crippen LogP contribution in [-0.4, -0.2) is 11.2 Å². The number of fused-ring (bicyclic) bond motifs is 1. The Balaban J connectivity index is 2.07. The van der Waals surface area contributed by atoms with Crippen LogP contribution >= 0.6 is 0 Å². The van der Waals surface area contributed by atoms with Crippen LogP contribution in [0.4, 0.5) is 0 Å². The zero-order valence-electron chi connectivity index (χ0n) is 11.2. The van der Waals surface area contributed by atoms with Gasteiger partial charge in [-0.15, -0.1) is 0 Å². The van der Waals surface area contributed by atoms with E-state index in [0.717, 1.165) is 24.7 Å². The number of aliphatic hydroxyl groups excluding tert-OH is 1. The molecule has 3 fully saturated rings. The molecular formula is C15H26O. The lowest BCUT2D eigenvalue weighted by Crippen LogP contribution is -2.51. The lowest BCUT2D eigenvalue weighted by molar-refractivity contribution is -0.111. The molecule has 0 aromatic carbocycles. The Labute approximate surface area is 99.6 Å². The second-order valence-corrected chi connectivity index (χ2v) is 7.95. The molecule has 0 aromatic rings. The van der Waals surface area contributed by atoms with Gasteiger partial charge < -0.3 is 5.11 Å². The molecule has 0 radical (unpaired) electrons. The fraction of sp³-hybridized carbons (Fsp3) is 1.00. The highest BCUT2D eigenvalue weighted by molar-refractivity contribution is 5.17. The van der Waals surface area contributed by atoms with E-state index in [-0.39, 0.29) is 6.10 Å². The Morgan fingerprint density at radius 2 is 1.75 bits per heavy atom. The van der Waals surface area contributed by atoms with Crippen molar-refractivity contribution in [2.45, 2.75) is 65.9 Å². The molecule has 0 aromatic heterocycles. The minimum atomic E-state index is -0.0516. The van der Waals surface area contributed by atoms with Crippen LogP contribution in [-0.2, 0) is 0 Å². The quantitative estimate of drug-likeness (QED) is 0.664. The van der Waals surface area contributed by atoms with E-state index in [1.54, 1.807) is 0 Å². The van der Waals surface area contributed by atoms with E-state index in [1.165, 1.54) is 19.3 Å². The largest absolute Gasteiger partial charge is 0.393 e. The molecule has 1 N–H and O–H groups in total. The smallest absolute Gasteiger partial charge is 0.0548 e. The van der Waals surface area contributed by atoms with Gasteiger partial charge in [-0.2, -0.15) is 0 Å². The van der Waals surface area contributed by atoms with Crippen LogP contribution in [0.15, 0.2) is 0 Å². The molecule has 1 heteroatoms. The van der Waals surface area contributed by atoms with Crippen LogP contribution in [0.1, 0.15) is 59.8 Å². The van der Waals surface area contributed by atoms with Gasteiger partial charge in [0.15, 0.2) is 0 Å². The predicted molar refractivity (Wildman–Crippen MR) is 66.1 cm³/mol. The Morgan fingerprint density at radius 1 is 1.06 bits per heavy atom. The van der Waals surface area contributed by atoms with Crippen molar-refractivity contribution in [3.63, 3.8) is 0 Å². The molecule has 3 aliphatic rings. The van der Waals surface area contributed by atoms with Crippen molar-refractivity contribution in [1.82, 2.24) is 0 Å². The molecule has 0 aliphatic heterocycles. The number of hydrogen-bond donors (Lipinski definition) is 1. The molecule has 4 atom stereocenters. The molecule has 1 spiro atoms. The molecule has 2 bridgehead atoms. The highest BCUT2D eigenvalue weighted by Crippen LogP contribution is 2.75. The Kier molecular flexibility index (Phi) is 1.98. The minimum absolute atomic E-state index is 0.0516. The molecule has 2 unspecified atom stereocenters. The SMILES string of the molecule is CC1(C)C2CC(O)CC(C)(C)[C@]23CC[C@H]1C3. The van der Waals surface area contributed by atoms with E-state index < -0.39 is 0 Å². The van der Waals surface area contributed by atoms with E-state index in [4.69, 9.17) is 0 Å². The monoisotopic (exact) mass is 222 g/mol. The van der Waals surface area contributed by atoms with Crippen LogP contribution in [0.3, 0.4) is 0 Å². The summed E-state index contributed by atoms with van der Waals surface area (Å²) in [6, 6.07) is 0. The minimum Gasteiger partial charge on any atom is -0.393 e. The van der Waals surface area contributed by atoms with E-state index >= 15 is 0 Å². The zero-order chi connectivity index (χ0) is 11.8. The van der Waals surface area contributed by atoms with Gasteiger partial charge in [0, 0.05) is 0 Å². The summed E-state index contributed by atoms with van der Waals surface area (Å²) < 4.78 is 0. The molecule has 92 valence electrons. The summed E-state index contributed by atoms with van der Waals surface area (Å²) >= 11 is 0. The maximum atomic E-state index is 10.1. The first-order valence-corrected chi connectivity index (χ1v) is 6.98. The number of rotatable bonds is 0. The molecule has 16 heavy (non-hydrogen) atoms. The van der Waals surface area contributed by atoms with Gasteiger partial charge >= 0.3 is 0 Å². The summed E-state index contributed by atoms with van der Waals surface area (Å²) in [5.74, 6) is 1.68. The molecule has 3 aliphatic carbocycles. The third-order valence-corrected chi connectivity index (χ3v) is 6.77. The fourth-order valence-electron chi connectivity index (χ4n) is 5.79. The predicted octanol–water partition coefficient (Wildman–Crippen LogP) is 3.61. The Hall–Kier alpha value is -0.0400. The first-order valence-electron chi connectivity index (χ1n) is 6.98. The fourth-order valence-corrected chi connectivity index (χ4v) is 5.79. The third-order valence-electron chi connectivity index (χ3n) is 6.77. The highest BCUT2D eigenvalue weighted by Gasteiger charge is 2.68. The zero-order valence-corrected chi connectivity index (χ0v) is 11.2. The highest BCUT2D eigenvalue weighted by atomic mass is 16.3. The Morgan fingerprint density at radius 3 is 2.44 bits per heavy atom. The van der Waals surface area contributed by atoms with Gasteiger partial charge in [-0.25, -0.2) is 0 Å². The molecule has 0 heterocycles. The Bertz CT molecular complexity index is 317. The number of hydrogen-bond acceptors (Lipinski definition) is 1. The van der Waals surface area contributed by atoms with Crippen LogP contribution in [0, 0.1) is 28.1 Å². The maximum absolute atomic E-state index is 10.1. The standard InChI is InChI=1S/C15H26O/c1-13(2)9-11(16)7-12-14(3,4)10-5-6-15(12,13)8-10/h10-12,16H,5-9H2,1-4H3/t10-,11?,12?,15-/m0/s1. The van der Waals surface area contributed by atoms with Crippen LogP contribution in [0.2, 0.25) is 0 Å². The molecule has 0 saturated heterocycles. The average Bonchev–Trinajstić information content (AvgIpc) is 2.63. The molecule has 3 rings (SSSR count). The second kappa shape index (κ2) is 2.85. The first kappa shape index (κ1) is 11.1.